The summed E-state index contributed by atoms with van der Waals surface area (Å²) in [5.74, 6) is -1.74. The molecule has 3 aromatic rings. The summed E-state index contributed by atoms with van der Waals surface area (Å²) in [7, 11) is 10.0. The number of carbonyl (C=O) groups excluding carboxylic acids is 2. The number of methoxy groups -OCH3 is 5. The zero-order valence-electron chi connectivity index (χ0n) is 26.4. The van der Waals surface area contributed by atoms with Crippen molar-refractivity contribution in [3.05, 3.63) is 72.0 Å². The van der Waals surface area contributed by atoms with Gasteiger partial charge in [0.15, 0.2) is 17.2 Å². The molecule has 3 aliphatic rings. The molecule has 14 heteroatoms. The van der Waals surface area contributed by atoms with Crippen LogP contribution in [0.2, 0.25) is 5.02 Å². The minimum absolute atomic E-state index is 0.0115. The Labute approximate surface area is 268 Å². The molecule has 0 bridgehead atoms. The molecular weight excluding hydrogens is 622 g/mol. The SMILES string of the molecule is COc1cc(OC)c([C@H]2C3=C(C[C@@H](C)[C@]4(Oc5c(Cl)c(OC)cc(OC)c5C4=O)C3=O)Nc3c2c(=O)n(C)c(=O)n3C)cc1OC. The van der Waals surface area contributed by atoms with Crippen LogP contribution in [0.1, 0.15) is 40.7 Å². The molecule has 1 N–H and O–H groups in total. The largest absolute Gasteiger partial charge is 0.496 e. The summed E-state index contributed by atoms with van der Waals surface area (Å²) in [6.45, 7) is 1.72. The molecule has 46 heavy (non-hydrogen) atoms. The van der Waals surface area contributed by atoms with Gasteiger partial charge in [0.05, 0.1) is 47.0 Å². The van der Waals surface area contributed by atoms with Crippen molar-refractivity contribution < 1.29 is 38.0 Å². The maximum atomic E-state index is 15.1. The van der Waals surface area contributed by atoms with Crippen LogP contribution in [0.25, 0.3) is 0 Å². The lowest BCUT2D eigenvalue weighted by atomic mass is 9.65. The number of Topliss-reactive ketones (excluding diaryl/α,β-unsaturated/α-hetero) is 2. The number of hydrogen-bond donors (Lipinski definition) is 1. The average Bonchev–Trinajstić information content (AvgIpc) is 3.38. The molecular formula is C32H32ClN3O10. The molecule has 1 aliphatic carbocycles. The Morgan fingerprint density at radius 3 is 2.02 bits per heavy atom. The topological polar surface area (TPSA) is 146 Å². The van der Waals surface area contributed by atoms with E-state index in [-0.39, 0.29) is 57.0 Å². The monoisotopic (exact) mass is 653 g/mol. The normalized spacial score (nSPS) is 21.2. The summed E-state index contributed by atoms with van der Waals surface area (Å²) >= 11 is 6.64. The molecule has 0 unspecified atom stereocenters. The van der Waals surface area contributed by atoms with E-state index in [2.05, 4.69) is 5.32 Å². The molecule has 0 amide bonds. The predicted molar refractivity (Wildman–Crippen MR) is 167 cm³/mol. The van der Waals surface area contributed by atoms with E-state index in [4.69, 9.17) is 40.0 Å². The molecule has 1 aromatic heterocycles. The van der Waals surface area contributed by atoms with Crippen molar-refractivity contribution in [2.45, 2.75) is 24.9 Å². The van der Waals surface area contributed by atoms with Crippen molar-refractivity contribution in [3.8, 4) is 34.5 Å². The minimum atomic E-state index is -2.06. The van der Waals surface area contributed by atoms with Crippen LogP contribution in [-0.2, 0) is 18.9 Å². The number of aromatic nitrogens is 2. The van der Waals surface area contributed by atoms with Gasteiger partial charge in [0.25, 0.3) is 5.56 Å². The molecule has 3 heterocycles. The predicted octanol–water partition coefficient (Wildman–Crippen LogP) is 3.21. The smallest absolute Gasteiger partial charge is 0.332 e. The number of fused-ring (bicyclic) bond motifs is 2. The van der Waals surface area contributed by atoms with Crippen molar-refractivity contribution in [1.82, 2.24) is 9.13 Å². The van der Waals surface area contributed by atoms with Crippen LogP contribution in [0, 0.1) is 5.92 Å². The second kappa shape index (κ2) is 10.9. The first-order valence-electron chi connectivity index (χ1n) is 14.2. The highest BCUT2D eigenvalue weighted by molar-refractivity contribution is 6.36. The van der Waals surface area contributed by atoms with Gasteiger partial charge < -0.3 is 33.7 Å². The number of rotatable bonds is 6. The Bertz CT molecular complexity index is 2010. The van der Waals surface area contributed by atoms with E-state index in [0.717, 1.165) is 4.57 Å². The number of carbonyl (C=O) groups is 2. The van der Waals surface area contributed by atoms with E-state index in [1.807, 2.05) is 0 Å². The number of benzene rings is 2. The third-order valence-corrected chi connectivity index (χ3v) is 9.48. The second-order valence-electron chi connectivity index (χ2n) is 11.3. The molecule has 2 aromatic carbocycles. The van der Waals surface area contributed by atoms with Gasteiger partial charge in [-0.25, -0.2) is 4.79 Å². The lowest BCUT2D eigenvalue weighted by Crippen LogP contribution is -2.58. The van der Waals surface area contributed by atoms with Crippen LogP contribution in [0.3, 0.4) is 0 Å². The van der Waals surface area contributed by atoms with Crippen LogP contribution in [0.4, 0.5) is 5.82 Å². The highest BCUT2D eigenvalue weighted by atomic mass is 35.5. The Balaban J connectivity index is 1.66. The fourth-order valence-corrected chi connectivity index (χ4v) is 7.04. The number of ether oxygens (including phenoxy) is 6. The van der Waals surface area contributed by atoms with Gasteiger partial charge >= 0.3 is 5.69 Å². The van der Waals surface area contributed by atoms with Crippen molar-refractivity contribution in [1.29, 1.82) is 0 Å². The van der Waals surface area contributed by atoms with Gasteiger partial charge in [-0.2, -0.15) is 0 Å². The molecule has 0 fully saturated rings. The number of ketones is 2. The first kappa shape index (κ1) is 31.1. The summed E-state index contributed by atoms with van der Waals surface area (Å²) in [6, 6.07) is 4.66. The van der Waals surface area contributed by atoms with Gasteiger partial charge in [0, 0.05) is 49.0 Å². The quantitative estimate of drug-likeness (QED) is 0.392. The number of hydrogen-bond acceptors (Lipinski definition) is 11. The Hall–Kier alpha value is -4.91. The molecule has 3 atom stereocenters. The molecule has 13 nitrogen and oxygen atoms in total. The van der Waals surface area contributed by atoms with Crippen LogP contribution >= 0.6 is 11.6 Å². The number of halogens is 1. The van der Waals surface area contributed by atoms with E-state index in [1.54, 1.807) is 19.1 Å². The Morgan fingerprint density at radius 1 is 0.826 bits per heavy atom. The second-order valence-corrected chi connectivity index (χ2v) is 11.6. The molecule has 0 saturated heterocycles. The molecule has 0 saturated carbocycles. The van der Waals surface area contributed by atoms with Crippen molar-refractivity contribution in [2.24, 2.45) is 20.0 Å². The van der Waals surface area contributed by atoms with Gasteiger partial charge in [0.1, 0.15) is 33.7 Å². The minimum Gasteiger partial charge on any atom is -0.496 e. The number of nitrogens with zero attached hydrogens (tertiary/aromatic N) is 2. The maximum Gasteiger partial charge on any atom is 0.332 e. The number of anilines is 1. The summed E-state index contributed by atoms with van der Waals surface area (Å²) in [6.07, 6.45) is 0.132. The molecule has 1 spiro atoms. The fraction of sp³-hybridized carbons (Fsp3) is 0.375. The standard InChI is InChI=1S/C32H32ClN3O10/c1-13-9-15-22(27(37)32(13)28(38)23-19(44-7)12-20(45-8)25(33)26(23)46-32)21(14-10-17(42-5)18(43-6)11-16(14)41-4)24-29(34-15)35(2)31(40)36(3)30(24)39/h10-13,21,34H,9H2,1-8H3/t13-,21+,32+/m1/s1. The molecule has 242 valence electrons. The van der Waals surface area contributed by atoms with Crippen LogP contribution < -0.4 is 45.0 Å². The summed E-state index contributed by atoms with van der Waals surface area (Å²) in [4.78, 5) is 56.6. The van der Waals surface area contributed by atoms with Gasteiger partial charge in [-0.15, -0.1) is 0 Å². The first-order chi connectivity index (χ1) is 21.9. The third-order valence-electron chi connectivity index (χ3n) is 9.12. The molecule has 2 aliphatic heterocycles. The van der Waals surface area contributed by atoms with Crippen LogP contribution in [0.15, 0.2) is 39.1 Å². The fourth-order valence-electron chi connectivity index (χ4n) is 6.78. The average molecular weight is 654 g/mol. The zero-order valence-corrected chi connectivity index (χ0v) is 27.2. The summed E-state index contributed by atoms with van der Waals surface area (Å²) in [5.41, 5.74) is -2.28. The van der Waals surface area contributed by atoms with Crippen LogP contribution in [-0.4, -0.2) is 61.9 Å². The van der Waals surface area contributed by atoms with E-state index in [1.165, 1.54) is 60.3 Å². The first-order valence-corrected chi connectivity index (χ1v) is 14.6. The van der Waals surface area contributed by atoms with Crippen molar-refractivity contribution in [3.63, 3.8) is 0 Å². The van der Waals surface area contributed by atoms with Crippen LogP contribution in [0.5, 0.6) is 34.5 Å². The van der Waals surface area contributed by atoms with E-state index in [9.17, 15) is 14.4 Å². The third kappa shape index (κ3) is 3.93. The van der Waals surface area contributed by atoms with Crippen molar-refractivity contribution in [2.75, 3.05) is 40.9 Å². The van der Waals surface area contributed by atoms with Crippen molar-refractivity contribution >= 4 is 29.0 Å². The van der Waals surface area contributed by atoms with Gasteiger partial charge in [-0.3, -0.25) is 23.5 Å². The highest BCUT2D eigenvalue weighted by Crippen LogP contribution is 2.57. The zero-order chi connectivity index (χ0) is 33.4. The summed E-state index contributed by atoms with van der Waals surface area (Å²) in [5, 5.41) is 3.21. The number of allylic oxidation sites excluding steroid dienone is 1. The molecule has 6 rings (SSSR count). The van der Waals surface area contributed by atoms with Gasteiger partial charge in [-0.1, -0.05) is 18.5 Å². The van der Waals surface area contributed by atoms with E-state index >= 15 is 4.79 Å². The maximum absolute atomic E-state index is 15.1. The summed E-state index contributed by atoms with van der Waals surface area (Å²) < 4.78 is 36.4. The van der Waals surface area contributed by atoms with E-state index < -0.39 is 40.3 Å². The lowest BCUT2D eigenvalue weighted by Gasteiger charge is -2.42. The van der Waals surface area contributed by atoms with Gasteiger partial charge in [-0.05, 0) is 12.5 Å². The Morgan fingerprint density at radius 2 is 1.41 bits per heavy atom. The lowest BCUT2D eigenvalue weighted by molar-refractivity contribution is -0.130. The van der Waals surface area contributed by atoms with Gasteiger partial charge in [0.2, 0.25) is 17.2 Å². The van der Waals surface area contributed by atoms with E-state index in [0.29, 0.717) is 22.8 Å². The highest BCUT2D eigenvalue weighted by Gasteiger charge is 2.64. The Kier molecular flexibility index (Phi) is 7.34. The number of nitrogens with one attached hydrogen (secondary N) is 1. The molecule has 0 radical (unpaired) electrons.